The van der Waals surface area contributed by atoms with Crippen LogP contribution in [-0.2, 0) is 4.79 Å². The average Bonchev–Trinajstić information content (AvgIpc) is 2.76. The van der Waals surface area contributed by atoms with Crippen molar-refractivity contribution in [1.82, 2.24) is 0 Å². The summed E-state index contributed by atoms with van der Waals surface area (Å²) in [5.41, 5.74) is 1.79. The number of hydrogen-bond acceptors (Lipinski definition) is 2. The van der Waals surface area contributed by atoms with E-state index in [1.54, 1.807) is 0 Å². The maximum atomic E-state index is 12.1. The van der Waals surface area contributed by atoms with Crippen molar-refractivity contribution in [2.45, 2.75) is 58.5 Å². The molecule has 1 fully saturated rings. The summed E-state index contributed by atoms with van der Waals surface area (Å²) in [7, 11) is 0. The molecule has 0 spiro atoms. The molecule has 1 N–H and O–H groups in total. The van der Waals surface area contributed by atoms with Gasteiger partial charge in [-0.2, -0.15) is 0 Å². The van der Waals surface area contributed by atoms with Crippen molar-refractivity contribution >= 4 is 11.6 Å². The zero-order valence-electron chi connectivity index (χ0n) is 12.5. The van der Waals surface area contributed by atoms with Gasteiger partial charge in [0.1, 0.15) is 11.9 Å². The van der Waals surface area contributed by atoms with E-state index in [9.17, 15) is 4.79 Å². The van der Waals surface area contributed by atoms with E-state index in [1.165, 1.54) is 24.8 Å². The van der Waals surface area contributed by atoms with Gasteiger partial charge >= 0.3 is 0 Å². The lowest BCUT2D eigenvalue weighted by molar-refractivity contribution is -0.123. The maximum Gasteiger partial charge on any atom is 0.229 e. The van der Waals surface area contributed by atoms with Crippen LogP contribution in [0.25, 0.3) is 0 Å². The summed E-state index contributed by atoms with van der Waals surface area (Å²) in [6.07, 6.45) is 5.26. The first-order valence-electron chi connectivity index (χ1n) is 7.57. The predicted molar refractivity (Wildman–Crippen MR) is 80.2 cm³/mol. The molecule has 1 aromatic rings. The second kappa shape index (κ2) is 4.80. The first-order valence-corrected chi connectivity index (χ1v) is 7.57. The number of rotatable bonds is 1. The summed E-state index contributed by atoms with van der Waals surface area (Å²) in [5, 5.41) is 3.01. The minimum absolute atomic E-state index is 0.0524. The molecular weight excluding hydrogens is 250 g/mol. The summed E-state index contributed by atoms with van der Waals surface area (Å²) < 4.78 is 6.03. The van der Waals surface area contributed by atoms with Crippen LogP contribution in [-0.4, -0.2) is 12.0 Å². The maximum absolute atomic E-state index is 12.1. The third-order valence-electron chi connectivity index (χ3n) is 4.33. The SMILES string of the molecule is CC(C)(C)C(=O)Nc1ccc2c(c1)C1CCCCC1O2. The number of carbonyl (C=O) groups is 1. The zero-order chi connectivity index (χ0) is 14.3. The molecule has 0 bridgehead atoms. The Bertz CT molecular complexity index is 530. The molecule has 1 saturated carbocycles. The predicted octanol–water partition coefficient (Wildman–Crippen LogP) is 4.09. The van der Waals surface area contributed by atoms with E-state index in [4.69, 9.17) is 4.74 Å². The van der Waals surface area contributed by atoms with Gasteiger partial charge in [0.25, 0.3) is 0 Å². The molecule has 108 valence electrons. The number of ether oxygens (including phenoxy) is 1. The minimum atomic E-state index is -0.372. The van der Waals surface area contributed by atoms with Gasteiger partial charge in [0.15, 0.2) is 0 Å². The summed E-state index contributed by atoms with van der Waals surface area (Å²) in [5.74, 6) is 1.58. The number of anilines is 1. The van der Waals surface area contributed by atoms with Crippen LogP contribution in [0.1, 0.15) is 57.9 Å². The molecule has 1 aliphatic carbocycles. The van der Waals surface area contributed by atoms with E-state index in [1.807, 2.05) is 32.9 Å². The van der Waals surface area contributed by atoms with Crippen molar-refractivity contribution in [3.05, 3.63) is 23.8 Å². The van der Waals surface area contributed by atoms with E-state index in [2.05, 4.69) is 11.4 Å². The Morgan fingerprint density at radius 2 is 2.00 bits per heavy atom. The average molecular weight is 273 g/mol. The first kappa shape index (κ1) is 13.5. The van der Waals surface area contributed by atoms with Crippen LogP contribution in [0.5, 0.6) is 5.75 Å². The highest BCUT2D eigenvalue weighted by molar-refractivity contribution is 5.94. The molecule has 20 heavy (non-hydrogen) atoms. The Balaban J connectivity index is 1.82. The molecule has 0 radical (unpaired) electrons. The number of fused-ring (bicyclic) bond motifs is 3. The van der Waals surface area contributed by atoms with Crippen LogP contribution in [0, 0.1) is 5.41 Å². The lowest BCUT2D eigenvalue weighted by atomic mass is 9.83. The highest BCUT2D eigenvalue weighted by atomic mass is 16.5. The molecule has 2 unspecified atom stereocenters. The van der Waals surface area contributed by atoms with Crippen LogP contribution < -0.4 is 10.1 Å². The van der Waals surface area contributed by atoms with Crippen LogP contribution in [0.4, 0.5) is 5.69 Å². The third-order valence-corrected chi connectivity index (χ3v) is 4.33. The number of carbonyl (C=O) groups excluding carboxylic acids is 1. The fourth-order valence-corrected chi connectivity index (χ4v) is 3.10. The summed E-state index contributed by atoms with van der Waals surface area (Å²) in [4.78, 5) is 12.1. The lowest BCUT2D eigenvalue weighted by Gasteiger charge is -2.24. The van der Waals surface area contributed by atoms with Gasteiger partial charge in [-0.15, -0.1) is 0 Å². The quantitative estimate of drug-likeness (QED) is 0.837. The Morgan fingerprint density at radius 1 is 1.25 bits per heavy atom. The molecule has 3 heteroatoms. The van der Waals surface area contributed by atoms with Crippen molar-refractivity contribution in [2.75, 3.05) is 5.32 Å². The van der Waals surface area contributed by atoms with Crippen molar-refractivity contribution < 1.29 is 9.53 Å². The van der Waals surface area contributed by atoms with E-state index in [0.717, 1.165) is 17.9 Å². The van der Waals surface area contributed by atoms with Gasteiger partial charge in [-0.25, -0.2) is 0 Å². The fourth-order valence-electron chi connectivity index (χ4n) is 3.10. The fraction of sp³-hybridized carbons (Fsp3) is 0.588. The first-order chi connectivity index (χ1) is 9.45. The number of benzene rings is 1. The van der Waals surface area contributed by atoms with Gasteiger partial charge in [-0.3, -0.25) is 4.79 Å². The van der Waals surface area contributed by atoms with Crippen molar-refractivity contribution in [1.29, 1.82) is 0 Å². The Hall–Kier alpha value is -1.51. The van der Waals surface area contributed by atoms with Gasteiger partial charge in [0.2, 0.25) is 5.91 Å². The molecule has 1 aromatic carbocycles. The van der Waals surface area contributed by atoms with E-state index in [0.29, 0.717) is 12.0 Å². The summed E-state index contributed by atoms with van der Waals surface area (Å²) >= 11 is 0. The molecule has 0 saturated heterocycles. The second-order valence-corrected chi connectivity index (χ2v) is 7.00. The van der Waals surface area contributed by atoms with Crippen LogP contribution in [0.2, 0.25) is 0 Å². The molecular formula is C17H23NO2. The molecule has 1 heterocycles. The largest absolute Gasteiger partial charge is 0.489 e. The van der Waals surface area contributed by atoms with Gasteiger partial charge in [0, 0.05) is 22.6 Å². The molecule has 1 amide bonds. The Kier molecular flexibility index (Phi) is 3.23. The van der Waals surface area contributed by atoms with E-state index >= 15 is 0 Å². The number of hydrogen-bond donors (Lipinski definition) is 1. The molecule has 3 nitrogen and oxygen atoms in total. The van der Waals surface area contributed by atoms with Crippen LogP contribution >= 0.6 is 0 Å². The van der Waals surface area contributed by atoms with Crippen LogP contribution in [0.15, 0.2) is 18.2 Å². The Labute approximate surface area is 120 Å². The third kappa shape index (κ3) is 2.41. The molecule has 0 aromatic heterocycles. The number of amides is 1. The highest BCUT2D eigenvalue weighted by Crippen LogP contribution is 2.46. The summed E-state index contributed by atoms with van der Waals surface area (Å²) in [6, 6.07) is 6.06. The van der Waals surface area contributed by atoms with Gasteiger partial charge in [-0.05, 0) is 37.5 Å². The standard InChI is InChI=1S/C17H23NO2/c1-17(2,3)16(19)18-11-8-9-15-13(10-11)12-6-4-5-7-14(12)20-15/h8-10,12,14H,4-7H2,1-3H3,(H,18,19). The van der Waals surface area contributed by atoms with Crippen LogP contribution in [0.3, 0.4) is 0 Å². The van der Waals surface area contributed by atoms with Gasteiger partial charge in [0.05, 0.1) is 0 Å². The topological polar surface area (TPSA) is 38.3 Å². The Morgan fingerprint density at radius 3 is 2.75 bits per heavy atom. The van der Waals surface area contributed by atoms with Crippen molar-refractivity contribution in [3.8, 4) is 5.75 Å². The van der Waals surface area contributed by atoms with Crippen molar-refractivity contribution in [3.63, 3.8) is 0 Å². The molecule has 1 aliphatic heterocycles. The minimum Gasteiger partial charge on any atom is -0.489 e. The lowest BCUT2D eigenvalue weighted by Crippen LogP contribution is -2.27. The summed E-state index contributed by atoms with van der Waals surface area (Å²) in [6.45, 7) is 5.78. The molecule has 2 atom stereocenters. The molecule has 3 rings (SSSR count). The highest BCUT2D eigenvalue weighted by Gasteiger charge is 2.36. The second-order valence-electron chi connectivity index (χ2n) is 7.00. The van der Waals surface area contributed by atoms with Crippen molar-refractivity contribution in [2.24, 2.45) is 5.41 Å². The van der Waals surface area contributed by atoms with Gasteiger partial charge in [-0.1, -0.05) is 27.2 Å². The molecule has 2 aliphatic rings. The number of nitrogens with one attached hydrogen (secondary N) is 1. The smallest absolute Gasteiger partial charge is 0.229 e. The zero-order valence-corrected chi connectivity index (χ0v) is 12.5. The van der Waals surface area contributed by atoms with Gasteiger partial charge < -0.3 is 10.1 Å². The van der Waals surface area contributed by atoms with E-state index < -0.39 is 0 Å². The van der Waals surface area contributed by atoms with E-state index in [-0.39, 0.29) is 11.3 Å². The monoisotopic (exact) mass is 273 g/mol. The normalized spacial score (nSPS) is 24.6.